The van der Waals surface area contributed by atoms with Crippen LogP contribution in [-0.2, 0) is 19.6 Å². The highest BCUT2D eigenvalue weighted by Gasteiger charge is 2.34. The molecule has 1 atom stereocenters. The van der Waals surface area contributed by atoms with Gasteiger partial charge in [-0.05, 0) is 61.7 Å². The summed E-state index contributed by atoms with van der Waals surface area (Å²) < 4.78 is 48.0. The number of hydrogen-bond acceptors (Lipinski definition) is 7. The van der Waals surface area contributed by atoms with Crippen LogP contribution in [0.15, 0.2) is 59.0 Å². The lowest BCUT2D eigenvalue weighted by molar-refractivity contribution is -0.222. The SMILES string of the molecule is CN1CCN(c2ccc(-c3ccc(S(=O)(=O)N4CC=C(C(=O)N(O)C5CCCCO5)C4)cc3)cc2F)CC1. The van der Waals surface area contributed by atoms with Gasteiger partial charge in [0, 0.05) is 51.4 Å². The molecule has 2 aromatic rings. The first-order valence-electron chi connectivity index (χ1n) is 12.9. The van der Waals surface area contributed by atoms with Crippen LogP contribution in [0.1, 0.15) is 19.3 Å². The lowest BCUT2D eigenvalue weighted by Gasteiger charge is -2.34. The van der Waals surface area contributed by atoms with E-state index in [0.29, 0.717) is 34.9 Å². The summed E-state index contributed by atoms with van der Waals surface area (Å²) in [6.45, 7) is 3.66. The lowest BCUT2D eigenvalue weighted by Crippen LogP contribution is -2.44. The van der Waals surface area contributed by atoms with Crippen molar-refractivity contribution in [2.24, 2.45) is 0 Å². The molecule has 0 saturated carbocycles. The smallest absolute Gasteiger partial charge is 0.276 e. The topological polar surface area (TPSA) is 93.6 Å². The van der Waals surface area contributed by atoms with Crippen LogP contribution in [0.2, 0.25) is 0 Å². The van der Waals surface area contributed by atoms with Crippen LogP contribution in [0, 0.1) is 5.82 Å². The maximum Gasteiger partial charge on any atom is 0.276 e. The number of sulfonamides is 1. The van der Waals surface area contributed by atoms with Gasteiger partial charge in [-0.15, -0.1) is 0 Å². The normalized spacial score (nSPS) is 21.4. The molecule has 0 aromatic heterocycles. The number of hydroxylamine groups is 2. The summed E-state index contributed by atoms with van der Waals surface area (Å²) in [6, 6.07) is 11.4. The van der Waals surface area contributed by atoms with Gasteiger partial charge < -0.3 is 14.5 Å². The molecule has 3 aliphatic heterocycles. The molecule has 0 bridgehead atoms. The molecule has 5 rings (SSSR count). The standard InChI is InChI=1S/C27H33FN4O5S/c1-29-13-15-30(16-14-29)25-10-7-21(18-24(25)28)20-5-8-23(9-6-20)38(35,36)31-12-11-22(19-31)27(33)32(34)26-4-2-3-17-37-26/h5-11,18,26,34H,2-4,12-17,19H2,1H3. The Morgan fingerprint density at radius 2 is 1.76 bits per heavy atom. The van der Waals surface area contributed by atoms with E-state index in [1.807, 2.05) is 11.0 Å². The minimum Gasteiger partial charge on any atom is -0.367 e. The third-order valence-corrected chi connectivity index (χ3v) is 9.24. The molecular formula is C27H33FN4O5S. The van der Waals surface area contributed by atoms with E-state index in [2.05, 4.69) is 11.9 Å². The van der Waals surface area contributed by atoms with Gasteiger partial charge in [0.25, 0.3) is 5.91 Å². The Balaban J connectivity index is 1.24. The molecule has 2 fully saturated rings. The Kier molecular flexibility index (Phi) is 7.83. The highest BCUT2D eigenvalue weighted by Crippen LogP contribution is 2.29. The number of carbonyl (C=O) groups excluding carboxylic acids is 1. The summed E-state index contributed by atoms with van der Waals surface area (Å²) in [6.07, 6.45) is 3.06. The van der Waals surface area contributed by atoms with Gasteiger partial charge in [-0.2, -0.15) is 9.37 Å². The fraction of sp³-hybridized carbons (Fsp3) is 0.444. The fourth-order valence-corrected chi connectivity index (χ4v) is 6.38. The summed E-state index contributed by atoms with van der Waals surface area (Å²) in [5.74, 6) is -0.951. The van der Waals surface area contributed by atoms with Gasteiger partial charge in [-0.1, -0.05) is 24.3 Å². The van der Waals surface area contributed by atoms with E-state index >= 15 is 0 Å². The molecule has 2 saturated heterocycles. The van der Waals surface area contributed by atoms with Gasteiger partial charge in [0.1, 0.15) is 5.82 Å². The molecule has 0 radical (unpaired) electrons. The summed E-state index contributed by atoms with van der Waals surface area (Å²) in [5.41, 5.74) is 2.14. The third-order valence-electron chi connectivity index (χ3n) is 7.42. The second kappa shape index (κ2) is 11.1. The van der Waals surface area contributed by atoms with Crippen molar-refractivity contribution in [3.63, 3.8) is 0 Å². The molecule has 1 amide bonds. The highest BCUT2D eigenvalue weighted by molar-refractivity contribution is 7.89. The van der Waals surface area contributed by atoms with Crippen molar-refractivity contribution < 1.29 is 27.5 Å². The first-order chi connectivity index (χ1) is 18.2. The predicted molar refractivity (Wildman–Crippen MR) is 141 cm³/mol. The summed E-state index contributed by atoms with van der Waals surface area (Å²) >= 11 is 0. The minimum absolute atomic E-state index is 0.0312. The van der Waals surface area contributed by atoms with Gasteiger partial charge in [0.2, 0.25) is 10.0 Å². The van der Waals surface area contributed by atoms with Gasteiger partial charge in [0.05, 0.1) is 10.6 Å². The molecule has 1 N–H and O–H groups in total. The van der Waals surface area contributed by atoms with E-state index in [0.717, 1.165) is 39.0 Å². The van der Waals surface area contributed by atoms with Crippen LogP contribution in [0.5, 0.6) is 0 Å². The van der Waals surface area contributed by atoms with Crippen molar-refractivity contribution in [2.75, 3.05) is 57.8 Å². The number of ether oxygens (including phenoxy) is 1. The van der Waals surface area contributed by atoms with Crippen LogP contribution >= 0.6 is 0 Å². The lowest BCUT2D eigenvalue weighted by atomic mass is 10.0. The molecule has 1 unspecified atom stereocenters. The van der Waals surface area contributed by atoms with E-state index in [-0.39, 0.29) is 29.4 Å². The quantitative estimate of drug-likeness (QED) is 0.442. The van der Waals surface area contributed by atoms with Crippen molar-refractivity contribution >= 4 is 21.6 Å². The molecule has 11 heteroatoms. The summed E-state index contributed by atoms with van der Waals surface area (Å²) in [4.78, 5) is 17.0. The second-order valence-electron chi connectivity index (χ2n) is 9.98. The number of hydrogen-bond donors (Lipinski definition) is 1. The number of carbonyl (C=O) groups is 1. The average Bonchev–Trinajstić information content (AvgIpc) is 3.45. The second-order valence-corrected chi connectivity index (χ2v) is 11.9. The molecule has 3 heterocycles. The number of rotatable bonds is 6. The first-order valence-corrected chi connectivity index (χ1v) is 14.3. The molecule has 204 valence electrons. The monoisotopic (exact) mass is 544 g/mol. The maximum absolute atomic E-state index is 14.9. The minimum atomic E-state index is -3.88. The maximum atomic E-state index is 14.9. The van der Waals surface area contributed by atoms with Gasteiger partial charge in [-0.3, -0.25) is 10.0 Å². The van der Waals surface area contributed by atoms with E-state index < -0.39 is 22.2 Å². The fourth-order valence-electron chi connectivity index (χ4n) is 5.02. The molecule has 9 nitrogen and oxygen atoms in total. The number of amides is 1. The number of halogens is 1. The van der Waals surface area contributed by atoms with Crippen molar-refractivity contribution in [2.45, 2.75) is 30.4 Å². The number of benzene rings is 2. The molecular weight excluding hydrogens is 511 g/mol. The molecule has 0 aliphatic carbocycles. The zero-order valence-corrected chi connectivity index (χ0v) is 22.2. The van der Waals surface area contributed by atoms with Gasteiger partial charge in [0.15, 0.2) is 6.23 Å². The van der Waals surface area contributed by atoms with Crippen molar-refractivity contribution in [1.82, 2.24) is 14.3 Å². The zero-order valence-electron chi connectivity index (χ0n) is 21.4. The largest absolute Gasteiger partial charge is 0.367 e. The van der Waals surface area contributed by atoms with E-state index in [1.165, 1.54) is 28.6 Å². The molecule has 3 aliphatic rings. The summed E-state index contributed by atoms with van der Waals surface area (Å²) in [5, 5.41) is 10.9. The Morgan fingerprint density at radius 3 is 2.42 bits per heavy atom. The zero-order chi connectivity index (χ0) is 26.9. The van der Waals surface area contributed by atoms with Crippen LogP contribution in [0.3, 0.4) is 0 Å². The summed E-state index contributed by atoms with van der Waals surface area (Å²) in [7, 11) is -1.82. The molecule has 38 heavy (non-hydrogen) atoms. The van der Waals surface area contributed by atoms with Crippen molar-refractivity contribution in [1.29, 1.82) is 0 Å². The number of anilines is 1. The first kappa shape index (κ1) is 26.8. The van der Waals surface area contributed by atoms with E-state index in [1.54, 1.807) is 18.2 Å². The number of nitrogens with zero attached hydrogens (tertiary/aromatic N) is 4. The Hall–Kier alpha value is -2.83. The van der Waals surface area contributed by atoms with Crippen molar-refractivity contribution in [3.8, 4) is 11.1 Å². The van der Waals surface area contributed by atoms with Crippen LogP contribution in [0.4, 0.5) is 10.1 Å². The predicted octanol–water partition coefficient (Wildman–Crippen LogP) is 2.92. The van der Waals surface area contributed by atoms with Gasteiger partial charge in [-0.25, -0.2) is 12.8 Å². The van der Waals surface area contributed by atoms with E-state index in [9.17, 15) is 22.8 Å². The van der Waals surface area contributed by atoms with Gasteiger partial charge >= 0.3 is 0 Å². The number of piperazine rings is 1. The average molecular weight is 545 g/mol. The van der Waals surface area contributed by atoms with Crippen LogP contribution in [-0.4, -0.2) is 93.0 Å². The Labute approximate surface area is 222 Å². The van der Waals surface area contributed by atoms with E-state index in [4.69, 9.17) is 4.74 Å². The highest BCUT2D eigenvalue weighted by atomic mass is 32.2. The van der Waals surface area contributed by atoms with Crippen LogP contribution in [0.25, 0.3) is 11.1 Å². The number of likely N-dealkylation sites (N-methyl/N-ethyl adjacent to an activating group) is 1. The Morgan fingerprint density at radius 1 is 1.05 bits per heavy atom. The molecule has 0 spiro atoms. The van der Waals surface area contributed by atoms with Crippen molar-refractivity contribution in [3.05, 3.63) is 59.9 Å². The third kappa shape index (κ3) is 5.48. The molecule has 2 aromatic carbocycles. The Bertz CT molecular complexity index is 1300. The van der Waals surface area contributed by atoms with Crippen LogP contribution < -0.4 is 4.90 Å².